The maximum absolute atomic E-state index is 14.1. The molecule has 0 bridgehead atoms. The van der Waals surface area contributed by atoms with Gasteiger partial charge in [-0.05, 0) is 62.5 Å². The van der Waals surface area contributed by atoms with Crippen LogP contribution >= 0.6 is 54.8 Å². The van der Waals surface area contributed by atoms with Gasteiger partial charge in [-0.3, -0.25) is 0 Å². The molecule has 0 aliphatic heterocycles. The Morgan fingerprint density at radius 3 is 2.61 bits per heavy atom. The minimum atomic E-state index is -0.286. The van der Waals surface area contributed by atoms with Crippen LogP contribution in [-0.4, -0.2) is 7.05 Å². The summed E-state index contributed by atoms with van der Waals surface area (Å²) in [5, 5.41) is 5.58. The van der Waals surface area contributed by atoms with Gasteiger partial charge in [-0.1, -0.05) is 11.6 Å². The van der Waals surface area contributed by atoms with Gasteiger partial charge in [0.25, 0.3) is 0 Å². The topological polar surface area (TPSA) is 12.0 Å². The van der Waals surface area contributed by atoms with Gasteiger partial charge in [0.05, 0.1) is 11.1 Å². The molecule has 6 heteroatoms. The molecule has 18 heavy (non-hydrogen) atoms. The molecule has 0 radical (unpaired) electrons. The molecule has 1 unspecified atom stereocenters. The average Bonchev–Trinajstić information content (AvgIpc) is 2.73. The molecule has 0 fully saturated rings. The van der Waals surface area contributed by atoms with Crippen LogP contribution in [0, 0.1) is 5.82 Å². The minimum absolute atomic E-state index is 0.218. The van der Waals surface area contributed by atoms with E-state index in [2.05, 4.69) is 37.2 Å². The third-order valence-electron chi connectivity index (χ3n) is 2.55. The number of hydrogen-bond donors (Lipinski definition) is 1. The van der Waals surface area contributed by atoms with E-state index in [0.717, 1.165) is 9.35 Å². The first kappa shape index (κ1) is 14.5. The van der Waals surface area contributed by atoms with Crippen LogP contribution in [0.2, 0.25) is 5.02 Å². The van der Waals surface area contributed by atoms with Gasteiger partial charge in [0.1, 0.15) is 5.82 Å². The van der Waals surface area contributed by atoms with Crippen LogP contribution in [0.25, 0.3) is 0 Å². The molecular weight excluding hydrogens is 404 g/mol. The van der Waals surface area contributed by atoms with Gasteiger partial charge < -0.3 is 5.32 Å². The zero-order valence-electron chi connectivity index (χ0n) is 9.31. The monoisotopic (exact) mass is 411 g/mol. The zero-order valence-corrected chi connectivity index (χ0v) is 14.1. The quantitative estimate of drug-likeness (QED) is 0.667. The molecule has 1 atom stereocenters. The second-order valence-corrected chi connectivity index (χ2v) is 6.71. The van der Waals surface area contributed by atoms with Gasteiger partial charge in [0.15, 0.2) is 0 Å². The summed E-state index contributed by atoms with van der Waals surface area (Å²) < 4.78 is 15.6. The normalized spacial score (nSPS) is 12.7. The van der Waals surface area contributed by atoms with Crippen LogP contribution in [0.15, 0.2) is 32.5 Å². The molecule has 0 aliphatic carbocycles. The molecule has 1 N–H and O–H groups in total. The predicted molar refractivity (Wildman–Crippen MR) is 82.0 cm³/mol. The Kier molecular flexibility index (Phi) is 4.83. The summed E-state index contributed by atoms with van der Waals surface area (Å²) in [6, 6.07) is 4.77. The minimum Gasteiger partial charge on any atom is -0.309 e. The highest BCUT2D eigenvalue weighted by Gasteiger charge is 2.21. The second kappa shape index (κ2) is 6.01. The fourth-order valence-electron chi connectivity index (χ4n) is 1.70. The Morgan fingerprint density at radius 2 is 2.06 bits per heavy atom. The third-order valence-corrected chi connectivity index (χ3v) is 5.68. The molecule has 0 spiro atoms. The number of benzene rings is 1. The first-order chi connectivity index (χ1) is 8.54. The molecular formula is C12H9Br2ClFNS. The Hall–Kier alpha value is 0.0600. The number of halogens is 4. The van der Waals surface area contributed by atoms with Gasteiger partial charge >= 0.3 is 0 Å². The summed E-state index contributed by atoms with van der Waals surface area (Å²) in [6.45, 7) is 0. The first-order valence-corrected chi connectivity index (χ1v) is 7.93. The van der Waals surface area contributed by atoms with Gasteiger partial charge in [-0.25, -0.2) is 4.39 Å². The summed E-state index contributed by atoms with van der Waals surface area (Å²) in [5.74, 6) is -0.286. The summed E-state index contributed by atoms with van der Waals surface area (Å²) in [7, 11) is 1.80. The molecule has 2 rings (SSSR count). The van der Waals surface area contributed by atoms with Crippen molar-refractivity contribution in [2.75, 3.05) is 7.05 Å². The van der Waals surface area contributed by atoms with E-state index in [9.17, 15) is 4.39 Å². The molecule has 96 valence electrons. The SMILES string of the molecule is CNC(c1cc(Cl)c(Br)cc1F)c1sccc1Br. The lowest BCUT2D eigenvalue weighted by molar-refractivity contribution is 0.578. The van der Waals surface area contributed by atoms with E-state index in [1.54, 1.807) is 24.5 Å². The van der Waals surface area contributed by atoms with E-state index >= 15 is 0 Å². The molecule has 2 aromatic rings. The van der Waals surface area contributed by atoms with E-state index in [-0.39, 0.29) is 11.9 Å². The van der Waals surface area contributed by atoms with Gasteiger partial charge in [-0.15, -0.1) is 11.3 Å². The third kappa shape index (κ3) is 2.80. The number of nitrogens with one attached hydrogen (secondary N) is 1. The van der Waals surface area contributed by atoms with E-state index in [0.29, 0.717) is 15.1 Å². The van der Waals surface area contributed by atoms with Crippen molar-refractivity contribution in [1.82, 2.24) is 5.32 Å². The van der Waals surface area contributed by atoms with Crippen molar-refractivity contribution in [2.45, 2.75) is 6.04 Å². The van der Waals surface area contributed by atoms with Crippen LogP contribution in [0.3, 0.4) is 0 Å². The standard InChI is InChI=1S/C12H9Br2ClFNS/c1-17-11(12-7(13)2-3-18-12)6-4-9(15)8(14)5-10(6)16/h2-5,11,17H,1H3. The van der Waals surface area contributed by atoms with E-state index < -0.39 is 0 Å². The Labute approximate surface area is 131 Å². The molecule has 1 aromatic heterocycles. The highest BCUT2D eigenvalue weighted by atomic mass is 79.9. The van der Waals surface area contributed by atoms with Crippen LogP contribution in [0.5, 0.6) is 0 Å². The lowest BCUT2D eigenvalue weighted by atomic mass is 10.0. The Morgan fingerprint density at radius 1 is 1.33 bits per heavy atom. The smallest absolute Gasteiger partial charge is 0.129 e. The zero-order chi connectivity index (χ0) is 13.3. The predicted octanol–water partition coefficient (Wildman–Crippen LogP) is 5.37. The summed E-state index contributed by atoms with van der Waals surface area (Å²) in [6.07, 6.45) is 0. The van der Waals surface area contributed by atoms with Crippen molar-refractivity contribution in [3.8, 4) is 0 Å². The van der Waals surface area contributed by atoms with Crippen molar-refractivity contribution in [1.29, 1.82) is 0 Å². The summed E-state index contributed by atoms with van der Waals surface area (Å²) >= 11 is 14.3. The highest BCUT2D eigenvalue weighted by Crippen LogP contribution is 2.36. The summed E-state index contributed by atoms with van der Waals surface area (Å²) in [4.78, 5) is 1.02. The largest absolute Gasteiger partial charge is 0.309 e. The van der Waals surface area contributed by atoms with Crippen molar-refractivity contribution in [3.63, 3.8) is 0 Å². The molecule has 0 saturated carbocycles. The van der Waals surface area contributed by atoms with Crippen LogP contribution < -0.4 is 5.32 Å². The lowest BCUT2D eigenvalue weighted by Gasteiger charge is -2.17. The number of hydrogen-bond acceptors (Lipinski definition) is 2. The molecule has 0 aliphatic rings. The molecule has 0 saturated heterocycles. The maximum atomic E-state index is 14.1. The summed E-state index contributed by atoms with van der Waals surface area (Å²) in [5.41, 5.74) is 0.536. The molecule has 1 aromatic carbocycles. The lowest BCUT2D eigenvalue weighted by Crippen LogP contribution is -2.18. The van der Waals surface area contributed by atoms with Crippen LogP contribution in [0.1, 0.15) is 16.5 Å². The van der Waals surface area contributed by atoms with Gasteiger partial charge in [0.2, 0.25) is 0 Å². The fourth-order valence-corrected chi connectivity index (χ4v) is 3.91. The molecule has 1 nitrogen and oxygen atoms in total. The van der Waals surface area contributed by atoms with E-state index in [1.165, 1.54) is 6.07 Å². The highest BCUT2D eigenvalue weighted by molar-refractivity contribution is 9.10. The first-order valence-electron chi connectivity index (χ1n) is 5.09. The maximum Gasteiger partial charge on any atom is 0.129 e. The Balaban J connectivity index is 2.52. The van der Waals surface area contributed by atoms with E-state index in [1.807, 2.05) is 11.4 Å². The molecule has 0 amide bonds. The molecule has 1 heterocycles. The average molecular weight is 414 g/mol. The van der Waals surface area contributed by atoms with Crippen LogP contribution in [0.4, 0.5) is 4.39 Å². The van der Waals surface area contributed by atoms with E-state index in [4.69, 9.17) is 11.6 Å². The number of rotatable bonds is 3. The fraction of sp³-hybridized carbons (Fsp3) is 0.167. The van der Waals surface area contributed by atoms with Gasteiger partial charge in [0, 0.05) is 19.4 Å². The van der Waals surface area contributed by atoms with Crippen molar-refractivity contribution < 1.29 is 4.39 Å². The van der Waals surface area contributed by atoms with Gasteiger partial charge in [-0.2, -0.15) is 0 Å². The Bertz CT molecular complexity index is 573. The van der Waals surface area contributed by atoms with Crippen molar-refractivity contribution >= 4 is 54.8 Å². The van der Waals surface area contributed by atoms with Crippen LogP contribution in [-0.2, 0) is 0 Å². The second-order valence-electron chi connectivity index (χ2n) is 3.64. The van der Waals surface area contributed by atoms with Crippen molar-refractivity contribution in [3.05, 3.63) is 53.8 Å². The van der Waals surface area contributed by atoms with Crippen molar-refractivity contribution in [2.24, 2.45) is 0 Å². The number of thiophene rings is 1.